The van der Waals surface area contributed by atoms with Crippen LogP contribution in [0, 0.1) is 0 Å². The summed E-state index contributed by atoms with van der Waals surface area (Å²) in [5.41, 5.74) is 1.75. The van der Waals surface area contributed by atoms with Gasteiger partial charge in [-0.3, -0.25) is 4.79 Å². The largest absolute Gasteiger partial charge is 0.497 e. The van der Waals surface area contributed by atoms with Crippen LogP contribution in [0.2, 0.25) is 0 Å². The van der Waals surface area contributed by atoms with Crippen molar-refractivity contribution in [3.8, 4) is 11.5 Å². The van der Waals surface area contributed by atoms with Gasteiger partial charge in [-0.15, -0.1) is 10.2 Å². The summed E-state index contributed by atoms with van der Waals surface area (Å²) >= 11 is 0. The molecule has 182 valence electrons. The summed E-state index contributed by atoms with van der Waals surface area (Å²) in [4.78, 5) is 27.3. The van der Waals surface area contributed by atoms with Gasteiger partial charge in [-0.05, 0) is 60.4 Å². The van der Waals surface area contributed by atoms with E-state index in [2.05, 4.69) is 20.4 Å². The van der Waals surface area contributed by atoms with E-state index in [9.17, 15) is 9.59 Å². The first-order valence-electron chi connectivity index (χ1n) is 11.4. The van der Waals surface area contributed by atoms with Gasteiger partial charge >= 0.3 is 5.97 Å². The van der Waals surface area contributed by atoms with Gasteiger partial charge in [0.15, 0.2) is 18.1 Å². The van der Waals surface area contributed by atoms with Crippen molar-refractivity contribution in [1.82, 2.24) is 15.5 Å². The van der Waals surface area contributed by atoms with E-state index in [1.807, 2.05) is 48.5 Å². The zero-order valence-electron chi connectivity index (χ0n) is 19.8. The standard InChI is InChI=1S/C26H28N4O5/c1-33-20-9-5-18(6-10-20)25(19-7-11-21(34-2)12-8-19)27-24(31)17-35-26(32)22-13-14-23(29-28-22)30-15-3-4-16-30/h5-14,25H,3-4,15-17H2,1-2H3,(H,27,31). The molecule has 1 saturated heterocycles. The highest BCUT2D eigenvalue weighted by Gasteiger charge is 2.20. The smallest absolute Gasteiger partial charge is 0.359 e. The van der Waals surface area contributed by atoms with E-state index in [1.54, 1.807) is 26.4 Å². The molecule has 1 aliphatic rings. The second-order valence-electron chi connectivity index (χ2n) is 8.09. The Balaban J connectivity index is 1.40. The van der Waals surface area contributed by atoms with Gasteiger partial charge in [-0.25, -0.2) is 4.79 Å². The molecule has 1 aromatic heterocycles. The van der Waals surface area contributed by atoms with Crippen LogP contribution < -0.4 is 19.7 Å². The van der Waals surface area contributed by atoms with Crippen LogP contribution in [-0.2, 0) is 9.53 Å². The van der Waals surface area contributed by atoms with Crippen molar-refractivity contribution in [1.29, 1.82) is 0 Å². The molecular formula is C26H28N4O5. The Bertz CT molecular complexity index is 1080. The fourth-order valence-corrected chi connectivity index (χ4v) is 3.91. The minimum absolute atomic E-state index is 0.0580. The fraction of sp³-hybridized carbons (Fsp3) is 0.308. The minimum Gasteiger partial charge on any atom is -0.497 e. The molecule has 9 nitrogen and oxygen atoms in total. The predicted molar refractivity (Wildman–Crippen MR) is 130 cm³/mol. The molecule has 1 N–H and O–H groups in total. The molecule has 0 radical (unpaired) electrons. The molecule has 4 rings (SSSR count). The number of benzene rings is 2. The lowest BCUT2D eigenvalue weighted by molar-refractivity contribution is -0.124. The first kappa shape index (κ1) is 24.0. The maximum Gasteiger partial charge on any atom is 0.359 e. The number of ether oxygens (including phenoxy) is 3. The van der Waals surface area contributed by atoms with Gasteiger partial charge < -0.3 is 24.4 Å². The molecule has 2 heterocycles. The van der Waals surface area contributed by atoms with Crippen LogP contribution in [0.25, 0.3) is 0 Å². The average molecular weight is 477 g/mol. The molecule has 0 atom stereocenters. The number of hydrogen-bond donors (Lipinski definition) is 1. The zero-order chi connectivity index (χ0) is 24.6. The summed E-state index contributed by atoms with van der Waals surface area (Å²) in [7, 11) is 3.19. The van der Waals surface area contributed by atoms with Crippen molar-refractivity contribution in [2.45, 2.75) is 18.9 Å². The first-order valence-corrected chi connectivity index (χ1v) is 11.4. The summed E-state index contributed by atoms with van der Waals surface area (Å²) in [6.07, 6.45) is 2.24. The highest BCUT2D eigenvalue weighted by Crippen LogP contribution is 2.26. The minimum atomic E-state index is -0.703. The molecule has 1 aliphatic heterocycles. The van der Waals surface area contributed by atoms with E-state index in [4.69, 9.17) is 14.2 Å². The summed E-state index contributed by atoms with van der Waals surface area (Å²) in [6, 6.07) is 17.6. The number of rotatable bonds is 9. The van der Waals surface area contributed by atoms with Crippen LogP contribution in [0.15, 0.2) is 60.7 Å². The van der Waals surface area contributed by atoms with Crippen LogP contribution in [-0.4, -0.2) is 56.0 Å². The molecular weight excluding hydrogens is 448 g/mol. The van der Waals surface area contributed by atoms with Crippen molar-refractivity contribution in [3.05, 3.63) is 77.5 Å². The van der Waals surface area contributed by atoms with Gasteiger partial charge in [-0.2, -0.15) is 0 Å². The molecule has 35 heavy (non-hydrogen) atoms. The number of carbonyl (C=O) groups excluding carboxylic acids is 2. The Kier molecular flexibility index (Phi) is 7.77. The fourth-order valence-electron chi connectivity index (χ4n) is 3.91. The number of nitrogens with one attached hydrogen (secondary N) is 1. The number of methoxy groups -OCH3 is 2. The SMILES string of the molecule is COc1ccc(C(NC(=O)COC(=O)c2ccc(N3CCCC3)nn2)c2ccc(OC)cc2)cc1. The quantitative estimate of drug-likeness (QED) is 0.470. The number of carbonyl (C=O) groups is 2. The van der Waals surface area contributed by atoms with Crippen LogP contribution in [0.5, 0.6) is 11.5 Å². The molecule has 1 fully saturated rings. The summed E-state index contributed by atoms with van der Waals surface area (Å²) in [5, 5.41) is 11.0. The van der Waals surface area contributed by atoms with Crippen molar-refractivity contribution >= 4 is 17.7 Å². The lowest BCUT2D eigenvalue weighted by Gasteiger charge is -2.20. The third-order valence-electron chi connectivity index (χ3n) is 5.83. The monoisotopic (exact) mass is 476 g/mol. The third-order valence-corrected chi connectivity index (χ3v) is 5.83. The van der Waals surface area contributed by atoms with Gasteiger partial charge in [0.1, 0.15) is 11.5 Å². The van der Waals surface area contributed by atoms with Crippen molar-refractivity contribution in [3.63, 3.8) is 0 Å². The Hall–Kier alpha value is -4.14. The third kappa shape index (κ3) is 6.06. The number of nitrogens with zero attached hydrogens (tertiary/aromatic N) is 3. The van der Waals surface area contributed by atoms with Crippen LogP contribution in [0.4, 0.5) is 5.82 Å². The molecule has 1 amide bonds. The topological polar surface area (TPSA) is 103 Å². The second-order valence-corrected chi connectivity index (χ2v) is 8.09. The summed E-state index contributed by atoms with van der Waals surface area (Å²) in [5.74, 6) is 1.00. The van der Waals surface area contributed by atoms with Gasteiger partial charge in [0.25, 0.3) is 5.91 Å². The normalized spacial score (nSPS) is 12.9. The van der Waals surface area contributed by atoms with Crippen LogP contribution >= 0.6 is 0 Å². The van der Waals surface area contributed by atoms with Crippen LogP contribution in [0.1, 0.15) is 40.5 Å². The highest BCUT2D eigenvalue weighted by molar-refractivity contribution is 5.89. The first-order chi connectivity index (χ1) is 17.1. The molecule has 0 spiro atoms. The Labute approximate surface area is 204 Å². The van der Waals surface area contributed by atoms with E-state index in [0.717, 1.165) is 42.9 Å². The summed E-state index contributed by atoms with van der Waals surface area (Å²) in [6.45, 7) is 1.42. The number of aromatic nitrogens is 2. The number of esters is 1. The zero-order valence-corrected chi connectivity index (χ0v) is 19.8. The van der Waals surface area contributed by atoms with Gasteiger partial charge in [0.05, 0.1) is 20.3 Å². The number of amides is 1. The average Bonchev–Trinajstić information content (AvgIpc) is 3.46. The van der Waals surface area contributed by atoms with Crippen molar-refractivity contribution in [2.24, 2.45) is 0 Å². The summed E-state index contributed by atoms with van der Waals surface area (Å²) < 4.78 is 15.7. The highest BCUT2D eigenvalue weighted by atomic mass is 16.5. The maximum absolute atomic E-state index is 12.7. The molecule has 0 aliphatic carbocycles. The van der Waals surface area contributed by atoms with E-state index in [-0.39, 0.29) is 5.69 Å². The lowest BCUT2D eigenvalue weighted by Crippen LogP contribution is -2.33. The molecule has 2 aromatic carbocycles. The number of anilines is 1. The maximum atomic E-state index is 12.7. The van der Waals surface area contributed by atoms with Gasteiger partial charge in [0, 0.05) is 13.1 Å². The van der Waals surface area contributed by atoms with E-state index in [1.165, 1.54) is 0 Å². The second kappa shape index (κ2) is 11.3. The van der Waals surface area contributed by atoms with Gasteiger partial charge in [-0.1, -0.05) is 24.3 Å². The molecule has 0 saturated carbocycles. The van der Waals surface area contributed by atoms with Crippen molar-refractivity contribution in [2.75, 3.05) is 38.8 Å². The Morgan fingerprint density at radius 1 is 0.857 bits per heavy atom. The molecule has 0 bridgehead atoms. The van der Waals surface area contributed by atoms with E-state index < -0.39 is 24.5 Å². The van der Waals surface area contributed by atoms with Crippen LogP contribution in [0.3, 0.4) is 0 Å². The van der Waals surface area contributed by atoms with E-state index in [0.29, 0.717) is 11.5 Å². The molecule has 9 heteroatoms. The molecule has 3 aromatic rings. The Morgan fingerprint density at radius 2 is 1.43 bits per heavy atom. The van der Waals surface area contributed by atoms with Gasteiger partial charge in [0.2, 0.25) is 0 Å². The van der Waals surface area contributed by atoms with Crippen molar-refractivity contribution < 1.29 is 23.8 Å². The molecule has 0 unspecified atom stereocenters. The Morgan fingerprint density at radius 3 is 1.91 bits per heavy atom. The lowest BCUT2D eigenvalue weighted by atomic mass is 9.98. The number of hydrogen-bond acceptors (Lipinski definition) is 8. The predicted octanol–water partition coefficient (Wildman–Crippen LogP) is 3.16. The van der Waals surface area contributed by atoms with E-state index >= 15 is 0 Å².